The predicted molar refractivity (Wildman–Crippen MR) is 106 cm³/mol. The van der Waals surface area contributed by atoms with Crippen LogP contribution < -0.4 is 0 Å². The Bertz CT molecular complexity index is 904. The smallest absolute Gasteiger partial charge is 0.253 e. The van der Waals surface area contributed by atoms with Crippen LogP contribution in [0.25, 0.3) is 10.8 Å². The summed E-state index contributed by atoms with van der Waals surface area (Å²) in [6.45, 7) is 6.39. The third-order valence-electron chi connectivity index (χ3n) is 5.23. The second-order valence-corrected chi connectivity index (χ2v) is 7.07. The van der Waals surface area contributed by atoms with Crippen molar-refractivity contribution in [3.05, 3.63) is 83.4 Å². The molecule has 3 heteroatoms. The highest BCUT2D eigenvalue weighted by Crippen LogP contribution is 2.21. The number of carbonyl (C=O) groups is 1. The molecule has 132 valence electrons. The number of fused-ring (bicyclic) bond motifs is 1. The molecule has 1 fully saturated rings. The Morgan fingerprint density at radius 3 is 2.31 bits per heavy atom. The van der Waals surface area contributed by atoms with Crippen LogP contribution >= 0.6 is 0 Å². The maximum atomic E-state index is 12.7. The highest BCUT2D eigenvalue weighted by molar-refractivity contribution is 5.94. The number of amides is 1. The minimum Gasteiger partial charge on any atom is -0.336 e. The molecule has 1 amide bonds. The molecular weight excluding hydrogens is 320 g/mol. The number of hydrogen-bond acceptors (Lipinski definition) is 2. The van der Waals surface area contributed by atoms with Gasteiger partial charge in [-0.1, -0.05) is 60.2 Å². The highest BCUT2D eigenvalue weighted by atomic mass is 16.2. The largest absolute Gasteiger partial charge is 0.336 e. The zero-order chi connectivity index (χ0) is 17.9. The molecule has 1 heterocycles. The molecule has 0 spiro atoms. The van der Waals surface area contributed by atoms with Gasteiger partial charge in [0.15, 0.2) is 0 Å². The van der Waals surface area contributed by atoms with E-state index in [4.69, 9.17) is 0 Å². The van der Waals surface area contributed by atoms with Crippen LogP contribution in [0.15, 0.2) is 66.7 Å². The van der Waals surface area contributed by atoms with Gasteiger partial charge < -0.3 is 4.90 Å². The van der Waals surface area contributed by atoms with Crippen molar-refractivity contribution in [2.75, 3.05) is 26.2 Å². The summed E-state index contributed by atoms with van der Waals surface area (Å²) in [6.07, 6.45) is 0. The first-order valence-electron chi connectivity index (χ1n) is 9.26. The van der Waals surface area contributed by atoms with Crippen LogP contribution in [0.3, 0.4) is 0 Å². The van der Waals surface area contributed by atoms with E-state index in [1.54, 1.807) is 0 Å². The molecule has 0 aromatic heterocycles. The molecule has 1 aliphatic heterocycles. The molecule has 0 N–H and O–H groups in total. The Balaban J connectivity index is 1.40. The third-order valence-corrected chi connectivity index (χ3v) is 5.23. The van der Waals surface area contributed by atoms with Crippen molar-refractivity contribution in [1.29, 1.82) is 0 Å². The van der Waals surface area contributed by atoms with Crippen molar-refractivity contribution in [2.45, 2.75) is 13.5 Å². The van der Waals surface area contributed by atoms with Gasteiger partial charge in [-0.2, -0.15) is 0 Å². The Labute approximate surface area is 154 Å². The van der Waals surface area contributed by atoms with E-state index in [0.29, 0.717) is 0 Å². The van der Waals surface area contributed by atoms with Crippen molar-refractivity contribution < 1.29 is 4.79 Å². The molecule has 0 unspecified atom stereocenters. The molecule has 0 saturated carbocycles. The number of hydrogen-bond donors (Lipinski definition) is 0. The second kappa shape index (κ2) is 7.30. The van der Waals surface area contributed by atoms with E-state index in [1.807, 2.05) is 36.1 Å². The first-order valence-corrected chi connectivity index (χ1v) is 9.26. The molecule has 0 atom stereocenters. The van der Waals surface area contributed by atoms with Gasteiger partial charge in [0.1, 0.15) is 0 Å². The summed E-state index contributed by atoms with van der Waals surface area (Å²) in [4.78, 5) is 17.1. The fourth-order valence-electron chi connectivity index (χ4n) is 3.66. The van der Waals surface area contributed by atoms with Gasteiger partial charge in [-0.3, -0.25) is 9.69 Å². The number of piperazine rings is 1. The van der Waals surface area contributed by atoms with Crippen LogP contribution in [-0.2, 0) is 6.54 Å². The molecule has 0 aliphatic carbocycles. The molecule has 1 saturated heterocycles. The standard InChI is InChI=1S/C23H24N2O/c1-18-9-11-20(12-10-18)23(26)25-15-13-24(14-16-25)17-21-7-4-6-19-5-2-3-8-22(19)21/h2-12H,13-17H2,1H3. The first kappa shape index (κ1) is 16.8. The van der Waals surface area contributed by atoms with E-state index >= 15 is 0 Å². The van der Waals surface area contributed by atoms with Gasteiger partial charge in [0.2, 0.25) is 0 Å². The van der Waals surface area contributed by atoms with Crippen LogP contribution in [0.2, 0.25) is 0 Å². The number of carbonyl (C=O) groups excluding carboxylic acids is 1. The van der Waals surface area contributed by atoms with E-state index in [1.165, 1.54) is 21.9 Å². The van der Waals surface area contributed by atoms with E-state index in [0.717, 1.165) is 38.3 Å². The summed E-state index contributed by atoms with van der Waals surface area (Å²) in [5, 5.41) is 2.62. The summed E-state index contributed by atoms with van der Waals surface area (Å²) in [7, 11) is 0. The summed E-state index contributed by atoms with van der Waals surface area (Å²) in [5.74, 6) is 0.148. The SMILES string of the molecule is Cc1ccc(C(=O)N2CCN(Cc3cccc4ccccc34)CC2)cc1. The number of aryl methyl sites for hydroxylation is 1. The lowest BCUT2D eigenvalue weighted by Crippen LogP contribution is -2.48. The van der Waals surface area contributed by atoms with E-state index in [9.17, 15) is 4.79 Å². The Morgan fingerprint density at radius 2 is 1.54 bits per heavy atom. The number of rotatable bonds is 3. The van der Waals surface area contributed by atoms with Gasteiger partial charge in [-0.15, -0.1) is 0 Å². The van der Waals surface area contributed by atoms with Gasteiger partial charge in [0.05, 0.1) is 0 Å². The second-order valence-electron chi connectivity index (χ2n) is 7.07. The van der Waals surface area contributed by atoms with Crippen LogP contribution in [0, 0.1) is 6.92 Å². The van der Waals surface area contributed by atoms with E-state index in [2.05, 4.69) is 47.4 Å². The maximum absolute atomic E-state index is 12.7. The molecule has 3 aromatic rings. The minimum atomic E-state index is 0.148. The third kappa shape index (κ3) is 3.49. The average molecular weight is 344 g/mol. The van der Waals surface area contributed by atoms with Crippen LogP contribution in [0.5, 0.6) is 0 Å². The molecule has 0 radical (unpaired) electrons. The van der Waals surface area contributed by atoms with Crippen LogP contribution in [0.1, 0.15) is 21.5 Å². The quantitative estimate of drug-likeness (QED) is 0.714. The lowest BCUT2D eigenvalue weighted by atomic mass is 10.0. The lowest BCUT2D eigenvalue weighted by molar-refractivity contribution is 0.0629. The van der Waals surface area contributed by atoms with E-state index < -0.39 is 0 Å². The van der Waals surface area contributed by atoms with Gasteiger partial charge in [0.25, 0.3) is 5.91 Å². The zero-order valence-electron chi connectivity index (χ0n) is 15.2. The van der Waals surface area contributed by atoms with Crippen molar-refractivity contribution in [3.63, 3.8) is 0 Å². The zero-order valence-corrected chi connectivity index (χ0v) is 15.2. The van der Waals surface area contributed by atoms with Crippen molar-refractivity contribution >= 4 is 16.7 Å². The Kier molecular flexibility index (Phi) is 4.72. The fraction of sp³-hybridized carbons (Fsp3) is 0.261. The summed E-state index contributed by atoms with van der Waals surface area (Å²) in [6, 6.07) is 22.9. The molecule has 0 bridgehead atoms. The lowest BCUT2D eigenvalue weighted by Gasteiger charge is -2.35. The van der Waals surface area contributed by atoms with E-state index in [-0.39, 0.29) is 5.91 Å². The van der Waals surface area contributed by atoms with Gasteiger partial charge in [-0.25, -0.2) is 0 Å². The van der Waals surface area contributed by atoms with Gasteiger partial charge in [-0.05, 0) is 35.4 Å². The molecule has 26 heavy (non-hydrogen) atoms. The molecule has 3 aromatic carbocycles. The van der Waals surface area contributed by atoms with Gasteiger partial charge >= 0.3 is 0 Å². The molecule has 4 rings (SSSR count). The van der Waals surface area contributed by atoms with Crippen LogP contribution in [0.4, 0.5) is 0 Å². The minimum absolute atomic E-state index is 0.148. The maximum Gasteiger partial charge on any atom is 0.253 e. The van der Waals surface area contributed by atoms with Crippen molar-refractivity contribution in [2.24, 2.45) is 0 Å². The van der Waals surface area contributed by atoms with Crippen molar-refractivity contribution in [3.8, 4) is 0 Å². The number of benzene rings is 3. The predicted octanol–water partition coefficient (Wildman–Crippen LogP) is 4.11. The van der Waals surface area contributed by atoms with Gasteiger partial charge in [0, 0.05) is 38.3 Å². The summed E-state index contributed by atoms with van der Waals surface area (Å²) in [5.41, 5.74) is 3.33. The number of nitrogens with zero attached hydrogens (tertiary/aromatic N) is 2. The topological polar surface area (TPSA) is 23.6 Å². The highest BCUT2D eigenvalue weighted by Gasteiger charge is 2.22. The van der Waals surface area contributed by atoms with Crippen LogP contribution in [-0.4, -0.2) is 41.9 Å². The molecule has 3 nitrogen and oxygen atoms in total. The summed E-state index contributed by atoms with van der Waals surface area (Å²) >= 11 is 0. The first-order chi connectivity index (χ1) is 12.7. The Hall–Kier alpha value is -2.65. The normalized spacial score (nSPS) is 15.3. The summed E-state index contributed by atoms with van der Waals surface area (Å²) < 4.78 is 0. The monoisotopic (exact) mass is 344 g/mol. The average Bonchev–Trinajstić information content (AvgIpc) is 2.69. The van der Waals surface area contributed by atoms with Crippen molar-refractivity contribution in [1.82, 2.24) is 9.80 Å². The molecular formula is C23H24N2O. The fourth-order valence-corrected chi connectivity index (χ4v) is 3.66. The Morgan fingerprint density at radius 1 is 0.846 bits per heavy atom. The molecule has 1 aliphatic rings.